The van der Waals surface area contributed by atoms with E-state index in [2.05, 4.69) is 5.32 Å². The van der Waals surface area contributed by atoms with Crippen LogP contribution in [-0.4, -0.2) is 55.7 Å². The molecule has 1 aromatic rings. The van der Waals surface area contributed by atoms with Crippen LogP contribution < -0.4 is 5.32 Å². The number of hydrogen-bond donors (Lipinski definition) is 1. The number of benzene rings is 1. The van der Waals surface area contributed by atoms with Gasteiger partial charge in [-0.2, -0.15) is 0 Å². The Labute approximate surface area is 151 Å². The van der Waals surface area contributed by atoms with Crippen LogP contribution in [0.15, 0.2) is 30.3 Å². The molecule has 0 aliphatic carbocycles. The fourth-order valence-corrected chi connectivity index (χ4v) is 3.00. The number of carbonyl (C=O) groups excluding carboxylic acids is 2. The minimum absolute atomic E-state index is 0.113. The molecule has 2 rings (SSSR count). The van der Waals surface area contributed by atoms with Crippen molar-refractivity contribution in [1.29, 1.82) is 0 Å². The molecule has 0 aromatic heterocycles. The van der Waals surface area contributed by atoms with Gasteiger partial charge < -0.3 is 14.8 Å². The standard InChI is InChI=1S/C18H24F2N2O4/c1-2-25-17(23)14-8-15(10-22(9-14)11-16(19)20)21-18(24)26-12-13-6-4-3-5-7-13/h3-7,14-16H,2,8-12H2,1H3,(H,21,24)/t14-,15+/m1/s1. The molecule has 1 amide bonds. The van der Waals surface area contributed by atoms with E-state index in [4.69, 9.17) is 9.47 Å². The summed E-state index contributed by atoms with van der Waals surface area (Å²) in [5, 5.41) is 2.66. The fourth-order valence-electron chi connectivity index (χ4n) is 3.00. The van der Waals surface area contributed by atoms with Gasteiger partial charge in [-0.3, -0.25) is 9.69 Å². The number of carbonyl (C=O) groups is 2. The smallest absolute Gasteiger partial charge is 0.407 e. The number of likely N-dealkylation sites (tertiary alicyclic amines) is 1. The lowest BCUT2D eigenvalue weighted by molar-refractivity contribution is -0.150. The molecule has 1 fully saturated rings. The maximum absolute atomic E-state index is 12.7. The van der Waals surface area contributed by atoms with Crippen molar-refractivity contribution in [1.82, 2.24) is 10.2 Å². The van der Waals surface area contributed by atoms with Crippen LogP contribution in [0.2, 0.25) is 0 Å². The zero-order valence-electron chi connectivity index (χ0n) is 14.7. The summed E-state index contributed by atoms with van der Waals surface area (Å²) < 4.78 is 35.6. The molecule has 0 saturated carbocycles. The highest BCUT2D eigenvalue weighted by atomic mass is 19.3. The van der Waals surface area contributed by atoms with Crippen molar-refractivity contribution in [3.63, 3.8) is 0 Å². The number of hydrogen-bond acceptors (Lipinski definition) is 5. The predicted molar refractivity (Wildman–Crippen MR) is 90.7 cm³/mol. The van der Waals surface area contributed by atoms with Crippen LogP contribution in [0.4, 0.5) is 13.6 Å². The molecule has 1 aliphatic heterocycles. The molecule has 1 N–H and O–H groups in total. The molecule has 1 aliphatic rings. The van der Waals surface area contributed by atoms with Crippen LogP contribution in [0, 0.1) is 5.92 Å². The van der Waals surface area contributed by atoms with Gasteiger partial charge >= 0.3 is 12.1 Å². The van der Waals surface area contributed by atoms with Gasteiger partial charge in [0.05, 0.1) is 19.1 Å². The number of ether oxygens (including phenoxy) is 2. The van der Waals surface area contributed by atoms with E-state index in [1.54, 1.807) is 6.92 Å². The number of alkyl carbamates (subject to hydrolysis) is 1. The average Bonchev–Trinajstić information content (AvgIpc) is 2.60. The largest absolute Gasteiger partial charge is 0.466 e. The van der Waals surface area contributed by atoms with Gasteiger partial charge in [0.15, 0.2) is 0 Å². The molecule has 26 heavy (non-hydrogen) atoms. The molecule has 1 heterocycles. The predicted octanol–water partition coefficient (Wildman–Crippen LogP) is 2.43. The highest BCUT2D eigenvalue weighted by Gasteiger charge is 2.34. The third-order valence-corrected chi connectivity index (χ3v) is 4.08. The first-order valence-corrected chi connectivity index (χ1v) is 8.62. The van der Waals surface area contributed by atoms with Crippen LogP contribution in [0.25, 0.3) is 0 Å². The van der Waals surface area contributed by atoms with E-state index in [0.717, 1.165) is 5.56 Å². The number of amides is 1. The Morgan fingerprint density at radius 1 is 1.23 bits per heavy atom. The van der Waals surface area contributed by atoms with Crippen molar-refractivity contribution < 1.29 is 27.8 Å². The highest BCUT2D eigenvalue weighted by molar-refractivity contribution is 5.73. The number of alkyl halides is 2. The van der Waals surface area contributed by atoms with E-state index >= 15 is 0 Å². The molecular formula is C18H24F2N2O4. The third kappa shape index (κ3) is 6.59. The first-order chi connectivity index (χ1) is 12.5. The number of halogens is 2. The lowest BCUT2D eigenvalue weighted by atomic mass is 9.94. The van der Waals surface area contributed by atoms with E-state index in [1.807, 2.05) is 30.3 Å². The minimum atomic E-state index is -2.51. The van der Waals surface area contributed by atoms with Crippen molar-refractivity contribution in [2.24, 2.45) is 5.92 Å². The third-order valence-electron chi connectivity index (χ3n) is 4.08. The molecule has 2 atom stereocenters. The van der Waals surface area contributed by atoms with Crippen LogP contribution in [0.5, 0.6) is 0 Å². The van der Waals surface area contributed by atoms with Gasteiger partial charge in [0.25, 0.3) is 6.43 Å². The maximum Gasteiger partial charge on any atom is 0.407 e. The number of esters is 1. The summed E-state index contributed by atoms with van der Waals surface area (Å²) >= 11 is 0. The molecular weight excluding hydrogens is 346 g/mol. The number of piperidine rings is 1. The van der Waals surface area contributed by atoms with Crippen LogP contribution in [-0.2, 0) is 20.9 Å². The molecule has 1 saturated heterocycles. The maximum atomic E-state index is 12.7. The zero-order valence-corrected chi connectivity index (χ0v) is 14.7. The SMILES string of the molecule is CCOC(=O)[C@@H]1C[C@H](NC(=O)OCc2ccccc2)CN(CC(F)F)C1. The van der Waals surface area contributed by atoms with Crippen molar-refractivity contribution in [3.8, 4) is 0 Å². The molecule has 6 nitrogen and oxygen atoms in total. The van der Waals surface area contributed by atoms with Gasteiger partial charge in [0, 0.05) is 19.1 Å². The highest BCUT2D eigenvalue weighted by Crippen LogP contribution is 2.20. The summed E-state index contributed by atoms with van der Waals surface area (Å²) in [7, 11) is 0. The Morgan fingerprint density at radius 3 is 2.62 bits per heavy atom. The Hall–Kier alpha value is -2.22. The summed E-state index contributed by atoms with van der Waals surface area (Å²) in [4.78, 5) is 25.5. The van der Waals surface area contributed by atoms with Crippen LogP contribution in [0.3, 0.4) is 0 Å². The Bertz CT molecular complexity index is 586. The van der Waals surface area contributed by atoms with Gasteiger partial charge in [-0.15, -0.1) is 0 Å². The lowest BCUT2D eigenvalue weighted by Crippen LogP contribution is -2.53. The second-order valence-electron chi connectivity index (χ2n) is 6.20. The summed E-state index contributed by atoms with van der Waals surface area (Å²) in [6.07, 6.45) is -2.82. The number of nitrogens with zero attached hydrogens (tertiary/aromatic N) is 1. The van der Waals surface area contributed by atoms with Gasteiger partial charge in [-0.1, -0.05) is 30.3 Å². The molecule has 0 radical (unpaired) electrons. The first-order valence-electron chi connectivity index (χ1n) is 8.62. The molecule has 8 heteroatoms. The number of nitrogens with one attached hydrogen (secondary N) is 1. The fraction of sp³-hybridized carbons (Fsp3) is 0.556. The van der Waals surface area contributed by atoms with E-state index in [0.29, 0.717) is 6.42 Å². The van der Waals surface area contributed by atoms with E-state index in [1.165, 1.54) is 4.90 Å². The van der Waals surface area contributed by atoms with Crippen molar-refractivity contribution in [2.75, 3.05) is 26.2 Å². The molecule has 0 bridgehead atoms. The van der Waals surface area contributed by atoms with E-state index in [-0.39, 0.29) is 26.3 Å². The summed E-state index contributed by atoms with van der Waals surface area (Å²) in [6, 6.07) is 8.73. The first kappa shape index (κ1) is 20.1. The summed E-state index contributed by atoms with van der Waals surface area (Å²) in [5.74, 6) is -0.988. The second kappa shape index (κ2) is 10.1. The molecule has 1 aromatic carbocycles. The molecule has 144 valence electrons. The van der Waals surface area contributed by atoms with Gasteiger partial charge in [-0.25, -0.2) is 13.6 Å². The monoisotopic (exact) mass is 370 g/mol. The van der Waals surface area contributed by atoms with Crippen LogP contribution in [0.1, 0.15) is 18.9 Å². The van der Waals surface area contributed by atoms with E-state index in [9.17, 15) is 18.4 Å². The van der Waals surface area contributed by atoms with E-state index < -0.39 is 37.0 Å². The zero-order chi connectivity index (χ0) is 18.9. The van der Waals surface area contributed by atoms with Crippen LogP contribution >= 0.6 is 0 Å². The average molecular weight is 370 g/mol. The normalized spacial score (nSPS) is 20.6. The summed E-state index contributed by atoms with van der Waals surface area (Å²) in [5.41, 5.74) is 0.843. The summed E-state index contributed by atoms with van der Waals surface area (Å²) in [6.45, 7) is 2.01. The van der Waals surface area contributed by atoms with Gasteiger partial charge in [-0.05, 0) is 18.9 Å². The second-order valence-corrected chi connectivity index (χ2v) is 6.20. The minimum Gasteiger partial charge on any atom is -0.466 e. The molecule has 0 spiro atoms. The topological polar surface area (TPSA) is 67.9 Å². The lowest BCUT2D eigenvalue weighted by Gasteiger charge is -2.36. The Morgan fingerprint density at radius 2 is 1.96 bits per heavy atom. The van der Waals surface area contributed by atoms with Gasteiger partial charge in [0.1, 0.15) is 6.61 Å². The van der Waals surface area contributed by atoms with Crippen molar-refractivity contribution in [2.45, 2.75) is 32.4 Å². The molecule has 0 unspecified atom stereocenters. The Kier molecular flexibility index (Phi) is 7.77. The number of rotatable bonds is 7. The Balaban J connectivity index is 1.90. The van der Waals surface area contributed by atoms with Gasteiger partial charge in [0.2, 0.25) is 0 Å². The van der Waals surface area contributed by atoms with Crippen molar-refractivity contribution >= 4 is 12.1 Å². The van der Waals surface area contributed by atoms with Crippen molar-refractivity contribution in [3.05, 3.63) is 35.9 Å². The quantitative estimate of drug-likeness (QED) is 0.747.